The predicted octanol–water partition coefficient (Wildman–Crippen LogP) is 2.79. The molecule has 4 nitrogen and oxygen atoms in total. The Labute approximate surface area is 128 Å². The van der Waals surface area contributed by atoms with Crippen molar-refractivity contribution in [2.24, 2.45) is 0 Å². The van der Waals surface area contributed by atoms with Crippen LogP contribution in [0, 0.1) is 5.82 Å². The first-order valence-electron chi connectivity index (χ1n) is 7.03. The zero-order valence-electron chi connectivity index (χ0n) is 12.3. The van der Waals surface area contributed by atoms with Crippen molar-refractivity contribution in [3.05, 3.63) is 60.4 Å². The molecular formula is C17H18FNO3. The second-order valence-electron chi connectivity index (χ2n) is 4.67. The number of carbonyl (C=O) groups excluding carboxylic acids is 1. The second-order valence-corrected chi connectivity index (χ2v) is 4.67. The number of ether oxygens (including phenoxy) is 2. The topological polar surface area (TPSA) is 47.6 Å². The summed E-state index contributed by atoms with van der Waals surface area (Å²) in [5.41, 5.74) is 0. The predicted molar refractivity (Wildman–Crippen MR) is 81.4 cm³/mol. The molecule has 1 amide bonds. The van der Waals surface area contributed by atoms with E-state index in [1.54, 1.807) is 6.92 Å². The van der Waals surface area contributed by atoms with Crippen molar-refractivity contribution < 1.29 is 18.7 Å². The van der Waals surface area contributed by atoms with Gasteiger partial charge in [0.05, 0.1) is 6.54 Å². The summed E-state index contributed by atoms with van der Waals surface area (Å²) >= 11 is 0. The van der Waals surface area contributed by atoms with Gasteiger partial charge in [-0.15, -0.1) is 0 Å². The standard InChI is InChI=1S/C17H18FNO3/c1-13(22-16-9-7-14(18)8-10-16)17(20)19-11-12-21-15-5-3-2-4-6-15/h2-10,13H,11-12H2,1H3,(H,19,20). The molecule has 116 valence electrons. The van der Waals surface area contributed by atoms with Crippen molar-refractivity contribution >= 4 is 5.91 Å². The molecule has 5 heteroatoms. The molecule has 2 rings (SSSR count). The van der Waals surface area contributed by atoms with Gasteiger partial charge in [-0.1, -0.05) is 18.2 Å². The number of nitrogens with one attached hydrogen (secondary N) is 1. The normalized spacial score (nSPS) is 11.5. The minimum absolute atomic E-state index is 0.249. The van der Waals surface area contributed by atoms with Gasteiger partial charge >= 0.3 is 0 Å². The Morgan fingerprint density at radius 3 is 2.45 bits per heavy atom. The maximum absolute atomic E-state index is 12.8. The molecule has 1 unspecified atom stereocenters. The van der Waals surface area contributed by atoms with E-state index in [-0.39, 0.29) is 11.7 Å². The quantitative estimate of drug-likeness (QED) is 0.800. The van der Waals surface area contributed by atoms with Gasteiger partial charge in [-0.25, -0.2) is 4.39 Å². The van der Waals surface area contributed by atoms with Gasteiger partial charge in [0.2, 0.25) is 0 Å². The first-order chi connectivity index (χ1) is 10.6. The van der Waals surface area contributed by atoms with Crippen LogP contribution >= 0.6 is 0 Å². The number of hydrogen-bond acceptors (Lipinski definition) is 3. The van der Waals surface area contributed by atoms with Crippen LogP contribution in [0.15, 0.2) is 54.6 Å². The lowest BCUT2D eigenvalue weighted by Gasteiger charge is -2.15. The van der Waals surface area contributed by atoms with Crippen LogP contribution in [0.5, 0.6) is 11.5 Å². The third-order valence-corrected chi connectivity index (χ3v) is 2.91. The molecule has 0 aliphatic carbocycles. The summed E-state index contributed by atoms with van der Waals surface area (Å²) in [6.45, 7) is 2.39. The Morgan fingerprint density at radius 2 is 1.77 bits per heavy atom. The Balaban J connectivity index is 1.69. The Morgan fingerprint density at radius 1 is 1.09 bits per heavy atom. The lowest BCUT2D eigenvalue weighted by Crippen LogP contribution is -2.38. The first kappa shape index (κ1) is 15.8. The fourth-order valence-electron chi connectivity index (χ4n) is 1.77. The van der Waals surface area contributed by atoms with Gasteiger partial charge in [-0.2, -0.15) is 0 Å². The number of amides is 1. The fourth-order valence-corrected chi connectivity index (χ4v) is 1.77. The van der Waals surface area contributed by atoms with Gasteiger partial charge in [0.1, 0.15) is 23.9 Å². The Hall–Kier alpha value is -2.56. The summed E-state index contributed by atoms with van der Waals surface area (Å²) in [7, 11) is 0. The highest BCUT2D eigenvalue weighted by molar-refractivity contribution is 5.80. The molecule has 2 aromatic rings. The van der Waals surface area contributed by atoms with Crippen LogP contribution in [-0.4, -0.2) is 25.2 Å². The van der Waals surface area contributed by atoms with E-state index in [0.29, 0.717) is 18.9 Å². The molecule has 0 fully saturated rings. The minimum Gasteiger partial charge on any atom is -0.492 e. The monoisotopic (exact) mass is 303 g/mol. The van der Waals surface area contributed by atoms with Gasteiger partial charge in [-0.05, 0) is 43.3 Å². The summed E-state index contributed by atoms with van der Waals surface area (Å²) in [4.78, 5) is 11.9. The van der Waals surface area contributed by atoms with E-state index in [9.17, 15) is 9.18 Å². The van der Waals surface area contributed by atoms with E-state index in [0.717, 1.165) is 5.75 Å². The molecule has 0 aromatic heterocycles. The molecule has 0 saturated heterocycles. The molecule has 1 atom stereocenters. The summed E-state index contributed by atoms with van der Waals surface area (Å²) in [6.07, 6.45) is -0.665. The van der Waals surface area contributed by atoms with E-state index in [2.05, 4.69) is 5.32 Å². The fraction of sp³-hybridized carbons (Fsp3) is 0.235. The van der Waals surface area contributed by atoms with E-state index < -0.39 is 6.10 Å². The number of para-hydroxylation sites is 1. The highest BCUT2D eigenvalue weighted by Crippen LogP contribution is 2.13. The smallest absolute Gasteiger partial charge is 0.260 e. The average molecular weight is 303 g/mol. The molecule has 2 aromatic carbocycles. The summed E-state index contributed by atoms with van der Waals surface area (Å²) in [5.74, 6) is 0.612. The number of rotatable bonds is 7. The van der Waals surface area contributed by atoms with Crippen LogP contribution < -0.4 is 14.8 Å². The van der Waals surface area contributed by atoms with Gasteiger partial charge in [0.25, 0.3) is 5.91 Å². The van der Waals surface area contributed by atoms with Gasteiger partial charge in [0.15, 0.2) is 6.10 Å². The number of halogens is 1. The molecule has 22 heavy (non-hydrogen) atoms. The third-order valence-electron chi connectivity index (χ3n) is 2.91. The van der Waals surface area contributed by atoms with E-state index in [4.69, 9.17) is 9.47 Å². The van der Waals surface area contributed by atoms with Crippen molar-refractivity contribution in [3.63, 3.8) is 0 Å². The molecular weight excluding hydrogens is 285 g/mol. The largest absolute Gasteiger partial charge is 0.492 e. The SMILES string of the molecule is CC(Oc1ccc(F)cc1)C(=O)NCCOc1ccccc1. The number of carbonyl (C=O) groups is 1. The van der Waals surface area contributed by atoms with E-state index in [1.807, 2.05) is 30.3 Å². The summed E-state index contributed by atoms with van der Waals surface area (Å²) in [6, 6.07) is 14.9. The van der Waals surface area contributed by atoms with Crippen molar-refractivity contribution in [1.29, 1.82) is 0 Å². The van der Waals surface area contributed by atoms with Crippen molar-refractivity contribution in [1.82, 2.24) is 5.32 Å². The van der Waals surface area contributed by atoms with Crippen molar-refractivity contribution in [2.75, 3.05) is 13.2 Å². The van der Waals surface area contributed by atoms with E-state index >= 15 is 0 Å². The third kappa shape index (κ3) is 5.09. The van der Waals surface area contributed by atoms with Crippen LogP contribution in [0.4, 0.5) is 4.39 Å². The zero-order chi connectivity index (χ0) is 15.8. The van der Waals surface area contributed by atoms with Crippen LogP contribution in [0.2, 0.25) is 0 Å². The maximum atomic E-state index is 12.8. The Kier molecular flexibility index (Phi) is 5.77. The molecule has 1 N–H and O–H groups in total. The Bertz CT molecular complexity index is 587. The van der Waals surface area contributed by atoms with Gasteiger partial charge < -0.3 is 14.8 Å². The van der Waals surface area contributed by atoms with E-state index in [1.165, 1.54) is 24.3 Å². The molecule has 0 bridgehead atoms. The van der Waals surface area contributed by atoms with Gasteiger partial charge in [-0.3, -0.25) is 4.79 Å². The van der Waals surface area contributed by atoms with Crippen molar-refractivity contribution in [3.8, 4) is 11.5 Å². The second kappa shape index (κ2) is 8.02. The molecule has 0 radical (unpaired) electrons. The van der Waals surface area contributed by atoms with Crippen LogP contribution in [0.1, 0.15) is 6.92 Å². The highest BCUT2D eigenvalue weighted by Gasteiger charge is 2.13. The minimum atomic E-state index is -0.665. The molecule has 0 saturated carbocycles. The first-order valence-corrected chi connectivity index (χ1v) is 7.03. The summed E-state index contributed by atoms with van der Waals surface area (Å²) < 4.78 is 23.7. The van der Waals surface area contributed by atoms with Crippen molar-refractivity contribution in [2.45, 2.75) is 13.0 Å². The maximum Gasteiger partial charge on any atom is 0.260 e. The van der Waals surface area contributed by atoms with Crippen LogP contribution in [-0.2, 0) is 4.79 Å². The zero-order valence-corrected chi connectivity index (χ0v) is 12.3. The number of hydrogen-bond donors (Lipinski definition) is 1. The lowest BCUT2D eigenvalue weighted by atomic mass is 10.3. The lowest BCUT2D eigenvalue weighted by molar-refractivity contribution is -0.127. The molecule has 0 heterocycles. The van der Waals surface area contributed by atoms with Gasteiger partial charge in [0, 0.05) is 0 Å². The van der Waals surface area contributed by atoms with Crippen LogP contribution in [0.3, 0.4) is 0 Å². The average Bonchev–Trinajstić information content (AvgIpc) is 2.54. The van der Waals surface area contributed by atoms with Crippen LogP contribution in [0.25, 0.3) is 0 Å². The molecule has 0 aliphatic rings. The highest BCUT2D eigenvalue weighted by atomic mass is 19.1. The summed E-state index contributed by atoms with van der Waals surface area (Å²) in [5, 5.41) is 2.72. The molecule has 0 spiro atoms. The molecule has 0 aliphatic heterocycles. The number of benzene rings is 2.